The van der Waals surface area contributed by atoms with E-state index < -0.39 is 7.25 Å². The number of nitrogens with zero attached hydrogens (tertiary/aromatic N) is 6. The number of aromatic nitrogens is 4. The maximum Gasteiger partial charge on any atom is 0.673 e. The second-order valence-electron chi connectivity index (χ2n) is 5.79. The van der Waals surface area contributed by atoms with Crippen molar-refractivity contribution >= 4 is 18.9 Å². The highest BCUT2D eigenvalue weighted by atomic mass is 19.5. The summed E-state index contributed by atoms with van der Waals surface area (Å²) in [4.78, 5) is 1.55. The molecule has 0 unspecified atom stereocenters. The van der Waals surface area contributed by atoms with E-state index in [-0.39, 0.29) is 0 Å². The molecule has 0 aliphatic heterocycles. The molecule has 4 rings (SSSR count). The Hall–Kier alpha value is -3.89. The number of halogens is 4. The van der Waals surface area contributed by atoms with Crippen molar-refractivity contribution < 1.29 is 21.9 Å². The third-order valence-electron chi connectivity index (χ3n) is 3.55. The Morgan fingerprint density at radius 3 is 1.77 bits per heavy atom. The van der Waals surface area contributed by atoms with Crippen LogP contribution in [-0.2, 0) is 0 Å². The summed E-state index contributed by atoms with van der Waals surface area (Å²) in [7, 11) is -6.00. The summed E-state index contributed by atoms with van der Waals surface area (Å²) in [6.45, 7) is 0. The Morgan fingerprint density at radius 2 is 1.20 bits per heavy atom. The monoisotopic (exact) mass is 414 g/mol. The van der Waals surface area contributed by atoms with Crippen molar-refractivity contribution in [1.29, 1.82) is 0 Å². The van der Waals surface area contributed by atoms with Gasteiger partial charge in [0.15, 0.2) is 0 Å². The highest BCUT2D eigenvalue weighted by molar-refractivity contribution is 6.50. The smallest absolute Gasteiger partial charge is 0.418 e. The van der Waals surface area contributed by atoms with Crippen molar-refractivity contribution in [2.75, 3.05) is 0 Å². The van der Waals surface area contributed by atoms with Crippen molar-refractivity contribution in [3.63, 3.8) is 0 Å². The van der Waals surface area contributed by atoms with Crippen LogP contribution in [-0.4, -0.2) is 22.4 Å². The van der Waals surface area contributed by atoms with E-state index in [0.29, 0.717) is 5.95 Å². The lowest BCUT2D eigenvalue weighted by Crippen LogP contribution is -2.33. The van der Waals surface area contributed by atoms with Crippen molar-refractivity contribution in [3.8, 4) is 11.4 Å². The van der Waals surface area contributed by atoms with Gasteiger partial charge in [-0.15, -0.1) is 0 Å². The maximum atomic E-state index is 9.75. The third-order valence-corrected chi connectivity index (χ3v) is 3.55. The fourth-order valence-electron chi connectivity index (χ4n) is 2.34. The number of azo groups is 1. The van der Waals surface area contributed by atoms with Crippen LogP contribution in [0.1, 0.15) is 0 Å². The molecule has 0 N–H and O–H groups in total. The van der Waals surface area contributed by atoms with Crippen LogP contribution < -0.4 is 4.68 Å². The molecule has 0 bridgehead atoms. The van der Waals surface area contributed by atoms with E-state index in [1.807, 2.05) is 91.0 Å². The van der Waals surface area contributed by atoms with Crippen LogP contribution >= 0.6 is 0 Å². The van der Waals surface area contributed by atoms with E-state index >= 15 is 0 Å². The van der Waals surface area contributed by atoms with Crippen LogP contribution in [0.2, 0.25) is 0 Å². The SMILES string of the molecule is F[B-](F)(F)F.c1ccc(N=Nc2nn(-c3ccccc3)n[n+]2-c2ccccc2)cc1. The molecule has 4 aromatic rings. The lowest BCUT2D eigenvalue weighted by atomic mass is 10.3. The van der Waals surface area contributed by atoms with Gasteiger partial charge in [0.2, 0.25) is 0 Å². The first-order valence-corrected chi connectivity index (χ1v) is 8.75. The molecule has 152 valence electrons. The fraction of sp³-hybridized carbons (Fsp3) is 0. The molecular weight excluding hydrogens is 399 g/mol. The van der Waals surface area contributed by atoms with E-state index in [0.717, 1.165) is 17.1 Å². The predicted molar refractivity (Wildman–Crippen MR) is 104 cm³/mol. The van der Waals surface area contributed by atoms with Gasteiger partial charge in [0.05, 0.1) is 10.8 Å². The summed E-state index contributed by atoms with van der Waals surface area (Å²) >= 11 is 0. The number of hydrogen-bond acceptors (Lipinski definition) is 4. The van der Waals surface area contributed by atoms with Crippen LogP contribution in [0, 0.1) is 0 Å². The lowest BCUT2D eigenvalue weighted by Gasteiger charge is -1.94. The summed E-state index contributed by atoms with van der Waals surface area (Å²) in [6, 6.07) is 29.0. The Labute approximate surface area is 169 Å². The molecular formula is C19H15BF4N6. The number of benzene rings is 3. The van der Waals surface area contributed by atoms with Gasteiger partial charge in [-0.2, -0.15) is 0 Å². The molecule has 1 heterocycles. The van der Waals surface area contributed by atoms with Crippen molar-refractivity contribution in [2.45, 2.75) is 0 Å². The average Bonchev–Trinajstić information content (AvgIpc) is 3.17. The summed E-state index contributed by atoms with van der Waals surface area (Å²) in [5, 5.41) is 17.6. The van der Waals surface area contributed by atoms with Gasteiger partial charge in [-0.3, -0.25) is 0 Å². The highest BCUT2D eigenvalue weighted by Crippen LogP contribution is 2.15. The van der Waals surface area contributed by atoms with Crippen molar-refractivity contribution in [1.82, 2.24) is 15.1 Å². The molecule has 0 saturated heterocycles. The summed E-state index contributed by atoms with van der Waals surface area (Å²) in [6.07, 6.45) is 0. The van der Waals surface area contributed by atoms with Crippen molar-refractivity contribution in [3.05, 3.63) is 91.0 Å². The fourth-order valence-corrected chi connectivity index (χ4v) is 2.34. The quantitative estimate of drug-likeness (QED) is 0.198. The second-order valence-corrected chi connectivity index (χ2v) is 5.79. The molecule has 6 nitrogen and oxygen atoms in total. The van der Waals surface area contributed by atoms with Crippen LogP contribution in [0.15, 0.2) is 101 Å². The number of para-hydroxylation sites is 2. The Bertz CT molecular complexity index is 1080. The summed E-state index contributed by atoms with van der Waals surface area (Å²) in [5.74, 6) is 0.402. The zero-order chi connectivity index (χ0) is 21.4. The maximum absolute atomic E-state index is 9.75. The van der Waals surface area contributed by atoms with Gasteiger partial charge >= 0.3 is 13.2 Å². The molecule has 0 radical (unpaired) electrons. The first-order chi connectivity index (χ1) is 14.4. The minimum absolute atomic E-state index is 0.402. The van der Waals surface area contributed by atoms with Gasteiger partial charge in [-0.25, -0.2) is 0 Å². The average molecular weight is 414 g/mol. The lowest BCUT2D eigenvalue weighted by molar-refractivity contribution is -0.649. The Kier molecular flexibility index (Phi) is 6.63. The van der Waals surface area contributed by atoms with E-state index in [9.17, 15) is 17.3 Å². The summed E-state index contributed by atoms with van der Waals surface area (Å²) < 4.78 is 40.7. The molecule has 3 aromatic carbocycles. The zero-order valence-corrected chi connectivity index (χ0v) is 15.4. The second kappa shape index (κ2) is 9.55. The normalized spacial score (nSPS) is 11.2. The molecule has 0 spiro atoms. The zero-order valence-electron chi connectivity index (χ0n) is 15.4. The molecule has 0 aliphatic carbocycles. The molecule has 0 fully saturated rings. The minimum atomic E-state index is -6.00. The Morgan fingerprint density at radius 1 is 0.700 bits per heavy atom. The van der Waals surface area contributed by atoms with Crippen LogP contribution in [0.5, 0.6) is 0 Å². The van der Waals surface area contributed by atoms with Gasteiger partial charge < -0.3 is 17.3 Å². The van der Waals surface area contributed by atoms with E-state index in [2.05, 4.69) is 20.5 Å². The van der Waals surface area contributed by atoms with Gasteiger partial charge in [-0.1, -0.05) is 64.4 Å². The number of hydrogen-bond donors (Lipinski definition) is 0. The van der Waals surface area contributed by atoms with Gasteiger partial charge in [0, 0.05) is 10.3 Å². The van der Waals surface area contributed by atoms with E-state index in [4.69, 9.17) is 0 Å². The van der Waals surface area contributed by atoms with Crippen LogP contribution in [0.25, 0.3) is 11.4 Å². The number of rotatable bonds is 4. The van der Waals surface area contributed by atoms with Crippen molar-refractivity contribution in [2.24, 2.45) is 10.2 Å². The van der Waals surface area contributed by atoms with E-state index in [1.54, 1.807) is 9.48 Å². The van der Waals surface area contributed by atoms with Gasteiger partial charge in [0.25, 0.3) is 0 Å². The third kappa shape index (κ3) is 6.33. The molecule has 11 heteroatoms. The van der Waals surface area contributed by atoms with E-state index in [1.165, 1.54) is 0 Å². The van der Waals surface area contributed by atoms with Crippen LogP contribution in [0.4, 0.5) is 28.9 Å². The largest absolute Gasteiger partial charge is 0.673 e. The molecule has 0 aliphatic rings. The molecule has 1 aromatic heterocycles. The first kappa shape index (κ1) is 20.8. The minimum Gasteiger partial charge on any atom is -0.418 e. The molecule has 30 heavy (non-hydrogen) atoms. The topological polar surface area (TPSA) is 59.3 Å². The Balaban J connectivity index is 0.000000461. The standard InChI is InChI=1S/C19H15N6.BF4/c1-4-10-16(11-5-1)20-21-19-22-25(18-14-8-3-9-15-18)23-24(19)17-12-6-2-7-13-17;2-1(3,4)5/h1-15H;/q+1;-1. The van der Waals surface area contributed by atoms with Gasteiger partial charge in [-0.05, 0) is 41.2 Å². The highest BCUT2D eigenvalue weighted by Gasteiger charge is 2.21. The molecule has 0 atom stereocenters. The predicted octanol–water partition coefficient (Wildman–Crippen LogP) is 5.26. The number of tetrazole rings is 1. The van der Waals surface area contributed by atoms with Crippen LogP contribution in [0.3, 0.4) is 0 Å². The molecule has 0 amide bonds. The molecule has 0 saturated carbocycles. The first-order valence-electron chi connectivity index (χ1n) is 8.75. The summed E-state index contributed by atoms with van der Waals surface area (Å²) in [5.41, 5.74) is 2.48. The van der Waals surface area contributed by atoms with Gasteiger partial charge in [0.1, 0.15) is 11.4 Å².